The van der Waals surface area contributed by atoms with E-state index in [0.29, 0.717) is 18.0 Å². The van der Waals surface area contributed by atoms with Crippen molar-refractivity contribution in [2.75, 3.05) is 38.1 Å². The molecule has 1 aromatic rings. The number of hydrogen-bond donors (Lipinski definition) is 2. The first-order valence-corrected chi connectivity index (χ1v) is 11.0. The van der Waals surface area contributed by atoms with Crippen LogP contribution in [0.2, 0.25) is 0 Å². The predicted molar refractivity (Wildman–Crippen MR) is 133 cm³/mol. The number of nitrogens with one attached hydrogen (secondary N) is 2. The number of hydrogen-bond acceptors (Lipinski definition) is 4. The maximum atomic E-state index is 4.71. The molecule has 3 heterocycles. The van der Waals surface area contributed by atoms with Crippen LogP contribution in [-0.4, -0.2) is 61.2 Å². The number of guanidine groups is 1. The van der Waals surface area contributed by atoms with E-state index in [1.165, 1.54) is 31.2 Å². The number of aliphatic imine (C=N–C) groups is 1. The van der Waals surface area contributed by atoms with E-state index in [0.717, 1.165) is 44.5 Å². The average Bonchev–Trinajstić information content (AvgIpc) is 2.90. The van der Waals surface area contributed by atoms with Gasteiger partial charge in [-0.3, -0.25) is 9.89 Å². The Morgan fingerprint density at radius 1 is 1.17 bits per heavy atom. The van der Waals surface area contributed by atoms with Gasteiger partial charge in [0.1, 0.15) is 5.82 Å². The Morgan fingerprint density at radius 2 is 1.90 bits per heavy atom. The predicted octanol–water partition coefficient (Wildman–Crippen LogP) is 3.47. The van der Waals surface area contributed by atoms with E-state index in [2.05, 4.69) is 58.3 Å². The maximum Gasteiger partial charge on any atom is 0.191 e. The summed E-state index contributed by atoms with van der Waals surface area (Å²) in [4.78, 5) is 14.1. The van der Waals surface area contributed by atoms with Crippen LogP contribution in [0.3, 0.4) is 0 Å². The molecular formula is C22H39IN6. The first-order valence-electron chi connectivity index (χ1n) is 11.0. The van der Waals surface area contributed by atoms with Crippen molar-refractivity contribution in [2.45, 2.75) is 65.1 Å². The molecule has 2 aliphatic rings. The van der Waals surface area contributed by atoms with E-state index in [1.54, 1.807) is 0 Å². The summed E-state index contributed by atoms with van der Waals surface area (Å²) in [6, 6.07) is 5.39. The fourth-order valence-electron chi connectivity index (χ4n) is 4.18. The molecule has 29 heavy (non-hydrogen) atoms. The molecule has 0 amide bonds. The summed E-state index contributed by atoms with van der Waals surface area (Å²) in [7, 11) is 1.84. The molecule has 6 nitrogen and oxygen atoms in total. The van der Waals surface area contributed by atoms with Gasteiger partial charge in [-0.1, -0.05) is 25.8 Å². The van der Waals surface area contributed by atoms with Crippen LogP contribution in [0.1, 0.15) is 52.0 Å². The zero-order valence-electron chi connectivity index (χ0n) is 18.5. The smallest absolute Gasteiger partial charge is 0.191 e. The van der Waals surface area contributed by atoms with Crippen molar-refractivity contribution >= 4 is 35.8 Å². The number of anilines is 1. The normalized spacial score (nSPS) is 23.6. The Bertz CT molecular complexity index is 625. The van der Waals surface area contributed by atoms with Crippen LogP contribution in [0.15, 0.2) is 23.3 Å². The Hall–Kier alpha value is -1.09. The van der Waals surface area contributed by atoms with Gasteiger partial charge in [-0.2, -0.15) is 0 Å². The maximum absolute atomic E-state index is 4.71. The Kier molecular flexibility index (Phi) is 9.95. The van der Waals surface area contributed by atoms with Crippen molar-refractivity contribution in [1.29, 1.82) is 0 Å². The lowest BCUT2D eigenvalue weighted by atomic mass is 10.1. The molecule has 2 saturated heterocycles. The van der Waals surface area contributed by atoms with E-state index >= 15 is 0 Å². The largest absolute Gasteiger partial charge is 0.357 e. The fraction of sp³-hybridized carbons (Fsp3) is 0.727. The quantitative estimate of drug-likeness (QED) is 0.358. The molecule has 2 fully saturated rings. The molecule has 2 unspecified atom stereocenters. The van der Waals surface area contributed by atoms with Crippen LogP contribution in [0, 0.1) is 5.92 Å². The van der Waals surface area contributed by atoms with E-state index in [-0.39, 0.29) is 24.0 Å². The molecular weight excluding hydrogens is 475 g/mol. The zero-order valence-corrected chi connectivity index (χ0v) is 20.9. The van der Waals surface area contributed by atoms with Crippen molar-refractivity contribution < 1.29 is 0 Å². The SMILES string of the molecule is CN=C(NCc1ccc(N2CCCCCC2)nc1)NC1CN(C(C)C)CC1C.I. The molecule has 0 bridgehead atoms. The number of pyridine rings is 1. The summed E-state index contributed by atoms with van der Waals surface area (Å²) in [5, 5.41) is 7.06. The molecule has 3 rings (SSSR count). The monoisotopic (exact) mass is 514 g/mol. The lowest BCUT2D eigenvalue weighted by Crippen LogP contribution is -2.46. The number of nitrogens with zero attached hydrogens (tertiary/aromatic N) is 4. The van der Waals surface area contributed by atoms with Crippen LogP contribution in [0.4, 0.5) is 5.82 Å². The Labute approximate surface area is 194 Å². The third-order valence-electron chi connectivity index (χ3n) is 6.12. The minimum atomic E-state index is 0. The molecule has 0 radical (unpaired) electrons. The summed E-state index contributed by atoms with van der Waals surface area (Å²) in [6.45, 7) is 12.1. The van der Waals surface area contributed by atoms with Gasteiger partial charge in [0, 0.05) is 58.1 Å². The second kappa shape index (κ2) is 11.9. The Morgan fingerprint density at radius 3 is 2.45 bits per heavy atom. The van der Waals surface area contributed by atoms with Gasteiger partial charge in [0.2, 0.25) is 0 Å². The second-order valence-electron chi connectivity index (χ2n) is 8.63. The van der Waals surface area contributed by atoms with Crippen LogP contribution in [0.5, 0.6) is 0 Å². The van der Waals surface area contributed by atoms with Gasteiger partial charge in [0.15, 0.2) is 5.96 Å². The second-order valence-corrected chi connectivity index (χ2v) is 8.63. The zero-order chi connectivity index (χ0) is 19.9. The summed E-state index contributed by atoms with van der Waals surface area (Å²) in [5.41, 5.74) is 1.18. The van der Waals surface area contributed by atoms with Gasteiger partial charge in [0.25, 0.3) is 0 Å². The molecule has 2 atom stereocenters. The number of likely N-dealkylation sites (tertiary alicyclic amines) is 1. The molecule has 7 heteroatoms. The van der Waals surface area contributed by atoms with Crippen LogP contribution >= 0.6 is 24.0 Å². The standard InChI is InChI=1S/C22H38N6.HI/c1-17(2)28-15-18(3)20(16-28)26-22(23-4)25-14-19-9-10-21(24-13-19)27-11-7-5-6-8-12-27;/h9-10,13,17-18,20H,5-8,11-12,14-16H2,1-4H3,(H2,23,25,26);1H. The molecule has 0 spiro atoms. The van der Waals surface area contributed by atoms with E-state index in [1.807, 2.05) is 13.2 Å². The van der Waals surface area contributed by atoms with Gasteiger partial charge < -0.3 is 15.5 Å². The molecule has 2 aliphatic heterocycles. The minimum Gasteiger partial charge on any atom is -0.357 e. The molecule has 2 N–H and O–H groups in total. The lowest BCUT2D eigenvalue weighted by molar-refractivity contribution is 0.265. The average molecular weight is 515 g/mol. The van der Waals surface area contributed by atoms with Crippen molar-refractivity contribution in [3.63, 3.8) is 0 Å². The molecule has 0 aromatic carbocycles. The van der Waals surface area contributed by atoms with Crippen molar-refractivity contribution in [1.82, 2.24) is 20.5 Å². The number of rotatable bonds is 5. The van der Waals surface area contributed by atoms with Crippen LogP contribution < -0.4 is 15.5 Å². The minimum absolute atomic E-state index is 0. The van der Waals surface area contributed by atoms with Crippen LogP contribution in [-0.2, 0) is 6.54 Å². The third kappa shape index (κ3) is 6.98. The van der Waals surface area contributed by atoms with Gasteiger partial charge in [-0.15, -0.1) is 24.0 Å². The summed E-state index contributed by atoms with van der Waals surface area (Å²) in [6.07, 6.45) is 7.25. The highest BCUT2D eigenvalue weighted by molar-refractivity contribution is 14.0. The van der Waals surface area contributed by atoms with Crippen molar-refractivity contribution in [3.8, 4) is 0 Å². The van der Waals surface area contributed by atoms with Gasteiger partial charge in [-0.05, 0) is 44.2 Å². The topological polar surface area (TPSA) is 55.8 Å². The molecule has 0 aliphatic carbocycles. The van der Waals surface area contributed by atoms with E-state index in [9.17, 15) is 0 Å². The van der Waals surface area contributed by atoms with E-state index < -0.39 is 0 Å². The van der Waals surface area contributed by atoms with Gasteiger partial charge >= 0.3 is 0 Å². The summed E-state index contributed by atoms with van der Waals surface area (Å²) in [5.74, 6) is 2.61. The first kappa shape index (κ1) is 24.2. The van der Waals surface area contributed by atoms with Crippen LogP contribution in [0.25, 0.3) is 0 Å². The van der Waals surface area contributed by atoms with Gasteiger partial charge in [0.05, 0.1) is 0 Å². The molecule has 1 aromatic heterocycles. The number of aromatic nitrogens is 1. The summed E-state index contributed by atoms with van der Waals surface area (Å²) < 4.78 is 0. The Balaban J connectivity index is 0.00000300. The van der Waals surface area contributed by atoms with Crippen molar-refractivity contribution in [2.24, 2.45) is 10.9 Å². The third-order valence-corrected chi connectivity index (χ3v) is 6.12. The highest BCUT2D eigenvalue weighted by atomic mass is 127. The van der Waals surface area contributed by atoms with Crippen molar-refractivity contribution in [3.05, 3.63) is 23.9 Å². The summed E-state index contributed by atoms with van der Waals surface area (Å²) >= 11 is 0. The number of halogens is 1. The van der Waals surface area contributed by atoms with Gasteiger partial charge in [-0.25, -0.2) is 4.98 Å². The first-order chi connectivity index (χ1) is 13.6. The highest BCUT2D eigenvalue weighted by Crippen LogP contribution is 2.19. The fourth-order valence-corrected chi connectivity index (χ4v) is 4.18. The highest BCUT2D eigenvalue weighted by Gasteiger charge is 2.31. The molecule has 0 saturated carbocycles. The molecule has 164 valence electrons. The lowest BCUT2D eigenvalue weighted by Gasteiger charge is -2.22. The van der Waals surface area contributed by atoms with E-state index in [4.69, 9.17) is 4.98 Å².